The summed E-state index contributed by atoms with van der Waals surface area (Å²) in [6.45, 7) is 7.66. The van der Waals surface area contributed by atoms with E-state index in [1.165, 1.54) is 62.3 Å². The normalized spacial score (nSPS) is 11.7. The number of hydrogen-bond donors (Lipinski definition) is 1. The SMILES string of the molecule is CCCCCCCCCCCCCC(=O)Nc1ccc(-c2cc(=O)oc3cc(OC(C)C(=O)N(CC)CC(=O)OCC)ccc23)c(Cl)c1. The van der Waals surface area contributed by atoms with Crippen LogP contribution in [0.25, 0.3) is 22.1 Å². The second kappa shape index (κ2) is 20.5. The number of likely N-dealkylation sites (N-methyl/N-ethyl adjacent to an activating group) is 1. The van der Waals surface area contributed by atoms with Crippen LogP contribution in [0.3, 0.4) is 0 Å². The van der Waals surface area contributed by atoms with E-state index in [0.29, 0.717) is 45.9 Å². The number of amides is 2. The Kier molecular flexibility index (Phi) is 16.5. The highest BCUT2D eigenvalue weighted by Crippen LogP contribution is 2.35. The van der Waals surface area contributed by atoms with Crippen LogP contribution in [0, 0.1) is 0 Å². The van der Waals surface area contributed by atoms with E-state index in [2.05, 4.69) is 12.2 Å². The Hall–Kier alpha value is -3.85. The smallest absolute Gasteiger partial charge is 0.336 e. The van der Waals surface area contributed by atoms with E-state index in [4.69, 9.17) is 25.5 Å². The van der Waals surface area contributed by atoms with Gasteiger partial charge >= 0.3 is 11.6 Å². The van der Waals surface area contributed by atoms with Crippen molar-refractivity contribution in [2.45, 2.75) is 111 Å². The monoisotopic (exact) mass is 682 g/mol. The number of carbonyl (C=O) groups excluding carboxylic acids is 3. The standard InChI is InChI=1S/C38H51ClN2O7/c1-5-8-9-10-11-12-13-14-15-16-17-18-35(42)40-28-19-21-30(33(39)23-28)32-25-36(43)48-34-24-29(20-22-31(32)34)47-27(4)38(45)41(6-2)26-37(44)46-7-3/h19-25,27H,5-18,26H2,1-4H3,(H,40,42). The average molecular weight is 683 g/mol. The van der Waals surface area contributed by atoms with Crippen molar-refractivity contribution in [3.8, 4) is 16.9 Å². The summed E-state index contributed by atoms with van der Waals surface area (Å²) in [5.41, 5.74) is 1.43. The number of nitrogens with zero attached hydrogens (tertiary/aromatic N) is 1. The molecule has 2 amide bonds. The molecule has 48 heavy (non-hydrogen) atoms. The summed E-state index contributed by atoms with van der Waals surface area (Å²) in [6, 6.07) is 11.5. The predicted octanol–water partition coefficient (Wildman–Crippen LogP) is 8.93. The maximum Gasteiger partial charge on any atom is 0.336 e. The maximum atomic E-state index is 12.9. The molecular formula is C38H51ClN2O7. The molecule has 262 valence electrons. The quantitative estimate of drug-likeness (QED) is 0.0678. The molecule has 2 aromatic carbocycles. The molecule has 1 atom stereocenters. The van der Waals surface area contributed by atoms with Crippen molar-refractivity contribution in [2.24, 2.45) is 0 Å². The van der Waals surface area contributed by atoms with Crippen molar-refractivity contribution in [1.29, 1.82) is 0 Å². The van der Waals surface area contributed by atoms with Gasteiger partial charge in [0.25, 0.3) is 5.91 Å². The molecular weight excluding hydrogens is 632 g/mol. The average Bonchev–Trinajstić information content (AvgIpc) is 3.05. The van der Waals surface area contributed by atoms with Crippen LogP contribution in [-0.2, 0) is 19.1 Å². The second-order valence-electron chi connectivity index (χ2n) is 12.1. The van der Waals surface area contributed by atoms with Crippen LogP contribution in [0.1, 0.15) is 105 Å². The maximum absolute atomic E-state index is 12.9. The van der Waals surface area contributed by atoms with E-state index in [0.717, 1.165) is 19.3 Å². The molecule has 0 bridgehead atoms. The fourth-order valence-electron chi connectivity index (χ4n) is 5.64. The van der Waals surface area contributed by atoms with Crippen LogP contribution < -0.4 is 15.7 Å². The van der Waals surface area contributed by atoms with Crippen molar-refractivity contribution in [2.75, 3.05) is 25.0 Å². The fourth-order valence-corrected chi connectivity index (χ4v) is 5.93. The summed E-state index contributed by atoms with van der Waals surface area (Å²) in [7, 11) is 0. The molecule has 0 radical (unpaired) electrons. The van der Waals surface area contributed by atoms with Crippen LogP contribution in [0.15, 0.2) is 51.7 Å². The largest absolute Gasteiger partial charge is 0.481 e. The van der Waals surface area contributed by atoms with Gasteiger partial charge in [-0.2, -0.15) is 0 Å². The number of ether oxygens (including phenoxy) is 2. The summed E-state index contributed by atoms with van der Waals surface area (Å²) in [4.78, 5) is 51.3. The van der Waals surface area contributed by atoms with E-state index in [1.807, 2.05) is 0 Å². The summed E-state index contributed by atoms with van der Waals surface area (Å²) in [5.74, 6) is -0.603. The number of unbranched alkanes of at least 4 members (excludes halogenated alkanes) is 10. The van der Waals surface area contributed by atoms with Gasteiger partial charge in [-0.1, -0.05) is 88.8 Å². The van der Waals surface area contributed by atoms with Gasteiger partial charge in [-0.25, -0.2) is 4.79 Å². The molecule has 10 heteroatoms. The fraction of sp³-hybridized carbons (Fsp3) is 0.526. The summed E-state index contributed by atoms with van der Waals surface area (Å²) < 4.78 is 16.3. The zero-order valence-corrected chi connectivity index (χ0v) is 29.7. The summed E-state index contributed by atoms with van der Waals surface area (Å²) in [5, 5.41) is 3.92. The van der Waals surface area contributed by atoms with Gasteiger partial charge < -0.3 is 24.1 Å². The van der Waals surface area contributed by atoms with E-state index in [1.54, 1.807) is 57.2 Å². The lowest BCUT2D eigenvalue weighted by Crippen LogP contribution is -2.43. The number of rotatable bonds is 21. The molecule has 0 aliphatic carbocycles. The van der Waals surface area contributed by atoms with E-state index in [-0.39, 0.29) is 30.5 Å². The molecule has 1 heterocycles. The topological polar surface area (TPSA) is 115 Å². The minimum absolute atomic E-state index is 0.0521. The predicted molar refractivity (Wildman–Crippen MR) is 192 cm³/mol. The molecule has 9 nitrogen and oxygen atoms in total. The third-order valence-corrected chi connectivity index (χ3v) is 8.56. The Bertz CT molecular complexity index is 1550. The van der Waals surface area contributed by atoms with Gasteiger partial charge in [0, 0.05) is 47.3 Å². The number of esters is 1. The van der Waals surface area contributed by atoms with Gasteiger partial charge in [0.2, 0.25) is 5.91 Å². The first-order chi connectivity index (χ1) is 23.2. The zero-order valence-electron chi connectivity index (χ0n) is 28.9. The molecule has 0 aliphatic rings. The second-order valence-corrected chi connectivity index (χ2v) is 12.5. The molecule has 3 rings (SSSR count). The van der Waals surface area contributed by atoms with E-state index in [9.17, 15) is 19.2 Å². The van der Waals surface area contributed by atoms with Crippen molar-refractivity contribution in [3.05, 3.63) is 57.9 Å². The Morgan fingerprint density at radius 3 is 2.15 bits per heavy atom. The highest BCUT2D eigenvalue weighted by molar-refractivity contribution is 6.34. The highest BCUT2D eigenvalue weighted by atomic mass is 35.5. The third kappa shape index (κ3) is 12.3. The first kappa shape index (κ1) is 38.6. The van der Waals surface area contributed by atoms with Gasteiger partial charge in [0.1, 0.15) is 17.9 Å². The zero-order chi connectivity index (χ0) is 34.9. The van der Waals surface area contributed by atoms with Crippen LogP contribution in [0.4, 0.5) is 5.69 Å². The lowest BCUT2D eigenvalue weighted by Gasteiger charge is -2.24. The van der Waals surface area contributed by atoms with Gasteiger partial charge in [-0.3, -0.25) is 14.4 Å². The van der Waals surface area contributed by atoms with Gasteiger partial charge in [0.15, 0.2) is 6.10 Å². The van der Waals surface area contributed by atoms with Gasteiger partial charge in [0.05, 0.1) is 11.6 Å². The Balaban J connectivity index is 1.58. The third-order valence-electron chi connectivity index (χ3n) is 8.25. The number of nitrogens with one attached hydrogen (secondary N) is 1. The van der Waals surface area contributed by atoms with Crippen LogP contribution in [0.2, 0.25) is 5.02 Å². The van der Waals surface area contributed by atoms with Crippen LogP contribution >= 0.6 is 11.6 Å². The number of hydrogen-bond acceptors (Lipinski definition) is 7. The van der Waals surface area contributed by atoms with Crippen molar-refractivity contribution in [3.63, 3.8) is 0 Å². The summed E-state index contributed by atoms with van der Waals surface area (Å²) >= 11 is 6.67. The molecule has 1 aromatic heterocycles. The number of benzene rings is 2. The highest BCUT2D eigenvalue weighted by Gasteiger charge is 2.24. The molecule has 0 saturated heterocycles. The number of halogens is 1. The lowest BCUT2D eigenvalue weighted by atomic mass is 10.0. The van der Waals surface area contributed by atoms with Crippen molar-refractivity contribution < 1.29 is 28.3 Å². The van der Waals surface area contributed by atoms with Crippen LogP contribution in [0.5, 0.6) is 5.75 Å². The van der Waals surface area contributed by atoms with Crippen molar-refractivity contribution >= 4 is 46.0 Å². The number of carbonyl (C=O) groups is 3. The van der Waals surface area contributed by atoms with Crippen molar-refractivity contribution in [1.82, 2.24) is 4.90 Å². The molecule has 0 saturated carbocycles. The number of anilines is 1. The summed E-state index contributed by atoms with van der Waals surface area (Å²) in [6.07, 6.45) is 13.0. The van der Waals surface area contributed by atoms with Gasteiger partial charge in [-0.05, 0) is 51.5 Å². The Labute approximate surface area is 289 Å². The Morgan fingerprint density at radius 1 is 0.854 bits per heavy atom. The van der Waals surface area contributed by atoms with E-state index < -0.39 is 17.7 Å². The van der Waals surface area contributed by atoms with Gasteiger partial charge in [-0.15, -0.1) is 0 Å². The number of fused-ring (bicyclic) bond motifs is 1. The molecule has 1 N–H and O–H groups in total. The minimum atomic E-state index is -0.904. The minimum Gasteiger partial charge on any atom is -0.481 e. The molecule has 0 aliphatic heterocycles. The van der Waals surface area contributed by atoms with Crippen LogP contribution in [-0.4, -0.2) is 48.5 Å². The first-order valence-corrected chi connectivity index (χ1v) is 17.8. The Morgan fingerprint density at radius 2 is 1.52 bits per heavy atom. The lowest BCUT2D eigenvalue weighted by molar-refractivity contribution is -0.150. The first-order valence-electron chi connectivity index (χ1n) is 17.5. The molecule has 3 aromatic rings. The van der Waals surface area contributed by atoms with E-state index >= 15 is 0 Å². The molecule has 0 fully saturated rings. The molecule has 1 unspecified atom stereocenters. The molecule has 0 spiro atoms.